The zero-order chi connectivity index (χ0) is 33.0. The fourth-order valence-corrected chi connectivity index (χ4v) is 6.71. The summed E-state index contributed by atoms with van der Waals surface area (Å²) in [5.41, 5.74) is 6.78. The molecule has 1 aliphatic rings. The molecule has 1 aliphatic heterocycles. The summed E-state index contributed by atoms with van der Waals surface area (Å²) >= 11 is -1.16. The number of benzene rings is 4. The van der Waals surface area contributed by atoms with E-state index in [1.165, 1.54) is 0 Å². The zero-order valence-electron chi connectivity index (χ0n) is 27.7. The third-order valence-electron chi connectivity index (χ3n) is 8.07. The van der Waals surface area contributed by atoms with Gasteiger partial charge in [-0.05, 0) is 101 Å². The van der Waals surface area contributed by atoms with E-state index in [1.807, 2.05) is 72.8 Å². The van der Waals surface area contributed by atoms with Crippen LogP contribution in [0.3, 0.4) is 0 Å². The molecule has 1 atom stereocenters. The molecule has 1 amide bonds. The second-order valence-corrected chi connectivity index (χ2v) is 13.8. The van der Waals surface area contributed by atoms with Crippen LogP contribution in [0.4, 0.5) is 11.4 Å². The molecule has 4 aromatic carbocycles. The first kappa shape index (κ1) is 34.3. The van der Waals surface area contributed by atoms with E-state index in [1.54, 1.807) is 0 Å². The molecule has 5 rings (SSSR count). The van der Waals surface area contributed by atoms with Gasteiger partial charge in [0.15, 0.2) is 4.90 Å². The Morgan fingerprint density at radius 2 is 1.66 bits per heavy atom. The third-order valence-corrected chi connectivity index (χ3v) is 9.46. The van der Waals surface area contributed by atoms with Crippen LogP contribution in [0.15, 0.2) is 108 Å². The smallest absolute Gasteiger partial charge is 0.251 e. The number of hydrogen-bond donors (Lipinski definition) is 1. The Morgan fingerprint density at radius 1 is 0.915 bits per heavy atom. The molecule has 4 aromatic rings. The van der Waals surface area contributed by atoms with E-state index >= 15 is 0 Å². The summed E-state index contributed by atoms with van der Waals surface area (Å²) in [4.78, 5) is 16.7. The highest BCUT2D eigenvalue weighted by molar-refractivity contribution is 7.90. The largest absolute Gasteiger partial charge is 0.611 e. The van der Waals surface area contributed by atoms with Gasteiger partial charge < -0.3 is 24.2 Å². The summed E-state index contributed by atoms with van der Waals surface area (Å²) in [5.74, 6) is 1.64. The van der Waals surface area contributed by atoms with Crippen molar-refractivity contribution < 1.29 is 18.8 Å². The number of anilines is 2. The lowest BCUT2D eigenvalue weighted by Gasteiger charge is -2.27. The topological polar surface area (TPSA) is 73.9 Å². The number of ether oxygens (including phenoxy) is 2. The maximum Gasteiger partial charge on any atom is 0.251 e. The molecule has 0 spiro atoms. The summed E-state index contributed by atoms with van der Waals surface area (Å²) in [6.07, 6.45) is 4.87. The van der Waals surface area contributed by atoms with E-state index in [-0.39, 0.29) is 5.91 Å². The number of carbonyl (C=O) groups is 1. The van der Waals surface area contributed by atoms with Crippen molar-refractivity contribution in [2.45, 2.75) is 50.7 Å². The van der Waals surface area contributed by atoms with Gasteiger partial charge in [-0.1, -0.05) is 75.7 Å². The molecule has 0 saturated carbocycles. The second-order valence-electron chi connectivity index (χ2n) is 12.3. The van der Waals surface area contributed by atoms with Gasteiger partial charge in [0.1, 0.15) is 18.1 Å². The van der Waals surface area contributed by atoms with Gasteiger partial charge in [0.2, 0.25) is 0 Å². The van der Waals surface area contributed by atoms with Gasteiger partial charge in [-0.2, -0.15) is 0 Å². The molecule has 1 N–H and O–H groups in total. The Kier molecular flexibility index (Phi) is 12.6. The number of fused-ring (bicyclic) bond motifs is 1. The molecule has 1 heterocycles. The molecule has 1 unspecified atom stereocenters. The van der Waals surface area contributed by atoms with E-state index < -0.39 is 11.2 Å². The molecular formula is C40H46N2O4S. The molecule has 47 heavy (non-hydrogen) atoms. The number of hydrogen-bond acceptors (Lipinski definition) is 5. The molecule has 0 aliphatic carbocycles. The van der Waals surface area contributed by atoms with Crippen LogP contribution in [0.1, 0.15) is 51.2 Å². The second kappa shape index (κ2) is 17.2. The first-order chi connectivity index (χ1) is 22.9. The van der Waals surface area contributed by atoms with Crippen LogP contribution in [0, 0.1) is 5.92 Å². The quantitative estimate of drug-likeness (QED) is 0.103. The van der Waals surface area contributed by atoms with Crippen molar-refractivity contribution in [3.05, 3.63) is 114 Å². The summed E-state index contributed by atoms with van der Waals surface area (Å²) < 4.78 is 24.4. The summed E-state index contributed by atoms with van der Waals surface area (Å²) in [6, 6.07) is 31.8. The van der Waals surface area contributed by atoms with Gasteiger partial charge in [0, 0.05) is 42.2 Å². The lowest BCUT2D eigenvalue weighted by atomic mass is 10.00. The van der Waals surface area contributed by atoms with Crippen LogP contribution in [-0.2, 0) is 26.5 Å². The standard InChI is InChI=1S/C40H46N2O4S/c1-4-5-23-45-24-25-46-37-16-11-32(12-17-37)33-13-20-39-35(26-33)27-34(21-22-42(39)28-30(2)3)40(43)41-36-14-18-38(19-15-36)47(44)29-31-9-7-6-8-10-31/h6-20,26-27,30H,4-5,21-25,28-29H2,1-3H3,(H,41,43). The van der Waals surface area contributed by atoms with Crippen molar-refractivity contribution in [3.63, 3.8) is 0 Å². The van der Waals surface area contributed by atoms with Crippen LogP contribution in [0.5, 0.6) is 5.75 Å². The number of carbonyl (C=O) groups excluding carboxylic acids is 1. The van der Waals surface area contributed by atoms with Crippen molar-refractivity contribution in [1.29, 1.82) is 0 Å². The van der Waals surface area contributed by atoms with E-state index in [0.29, 0.717) is 37.0 Å². The molecular weight excluding hydrogens is 605 g/mol. The summed E-state index contributed by atoms with van der Waals surface area (Å²) in [5, 5.41) is 3.08. The fourth-order valence-electron chi connectivity index (χ4n) is 5.60. The highest BCUT2D eigenvalue weighted by Gasteiger charge is 2.21. The predicted molar refractivity (Wildman–Crippen MR) is 194 cm³/mol. The van der Waals surface area contributed by atoms with Gasteiger partial charge in [-0.25, -0.2) is 0 Å². The lowest BCUT2D eigenvalue weighted by Crippen LogP contribution is -2.29. The van der Waals surface area contributed by atoms with Crippen molar-refractivity contribution in [2.75, 3.05) is 43.1 Å². The highest BCUT2D eigenvalue weighted by Crippen LogP contribution is 2.34. The summed E-state index contributed by atoms with van der Waals surface area (Å²) in [7, 11) is 0. The number of nitrogens with zero attached hydrogens (tertiary/aromatic N) is 1. The predicted octanol–water partition coefficient (Wildman–Crippen LogP) is 8.75. The van der Waals surface area contributed by atoms with Gasteiger partial charge in [-0.15, -0.1) is 0 Å². The van der Waals surface area contributed by atoms with Crippen LogP contribution in [0.25, 0.3) is 17.2 Å². The number of unbranched alkanes of at least 4 members (excludes halogenated alkanes) is 1. The van der Waals surface area contributed by atoms with Crippen LogP contribution < -0.4 is 15.0 Å². The van der Waals surface area contributed by atoms with Crippen molar-refractivity contribution in [3.8, 4) is 16.9 Å². The first-order valence-electron chi connectivity index (χ1n) is 16.6. The van der Waals surface area contributed by atoms with Crippen molar-refractivity contribution >= 4 is 34.5 Å². The monoisotopic (exact) mass is 650 g/mol. The maximum atomic E-state index is 13.6. The molecule has 0 fully saturated rings. The highest BCUT2D eigenvalue weighted by atomic mass is 32.2. The molecule has 0 bridgehead atoms. The van der Waals surface area contributed by atoms with E-state index in [2.05, 4.69) is 61.3 Å². The minimum Gasteiger partial charge on any atom is -0.611 e. The van der Waals surface area contributed by atoms with E-state index in [9.17, 15) is 9.35 Å². The molecule has 7 heteroatoms. The normalized spacial score (nSPS) is 13.5. The average Bonchev–Trinajstić information content (AvgIpc) is 3.26. The summed E-state index contributed by atoms with van der Waals surface area (Å²) in [6.45, 7) is 10.1. The Labute approximate surface area is 283 Å². The van der Waals surface area contributed by atoms with Crippen LogP contribution >= 0.6 is 0 Å². The van der Waals surface area contributed by atoms with E-state index in [4.69, 9.17) is 9.47 Å². The lowest BCUT2D eigenvalue weighted by molar-refractivity contribution is -0.112. The molecule has 0 aromatic heterocycles. The van der Waals surface area contributed by atoms with Crippen molar-refractivity contribution in [1.82, 2.24) is 0 Å². The number of nitrogens with one attached hydrogen (secondary N) is 1. The number of rotatable bonds is 15. The Bertz CT molecular complexity index is 1600. The van der Waals surface area contributed by atoms with Crippen molar-refractivity contribution in [2.24, 2.45) is 5.92 Å². The Morgan fingerprint density at radius 3 is 2.38 bits per heavy atom. The average molecular weight is 651 g/mol. The Balaban J connectivity index is 1.28. The van der Waals surface area contributed by atoms with Gasteiger partial charge in [-0.3, -0.25) is 4.79 Å². The van der Waals surface area contributed by atoms with E-state index in [0.717, 1.165) is 76.7 Å². The van der Waals surface area contributed by atoms with Crippen LogP contribution in [0.2, 0.25) is 0 Å². The fraction of sp³-hybridized carbons (Fsp3) is 0.325. The Hall–Kier alpha value is -4.04. The molecule has 6 nitrogen and oxygen atoms in total. The molecule has 246 valence electrons. The van der Waals surface area contributed by atoms with Gasteiger partial charge in [0.25, 0.3) is 5.91 Å². The molecule has 0 saturated heterocycles. The third kappa shape index (κ3) is 9.97. The SMILES string of the molecule is CCCCOCCOc1ccc(-c2ccc3c(c2)C=C(C(=O)Nc2ccc([S+]([O-])Cc4ccccc4)cc2)CCN3CC(C)C)cc1. The molecule has 0 radical (unpaired) electrons. The minimum absolute atomic E-state index is 0.119. The maximum absolute atomic E-state index is 13.6. The number of amides is 1. The minimum atomic E-state index is -1.16. The van der Waals surface area contributed by atoms with Crippen LogP contribution in [-0.4, -0.2) is 43.4 Å². The van der Waals surface area contributed by atoms with Gasteiger partial charge in [0.05, 0.1) is 6.61 Å². The van der Waals surface area contributed by atoms with Gasteiger partial charge >= 0.3 is 0 Å². The zero-order valence-corrected chi connectivity index (χ0v) is 28.6. The first-order valence-corrected chi connectivity index (χ1v) is 18.0.